The van der Waals surface area contributed by atoms with Crippen LogP contribution < -0.4 is 11.1 Å². The molecule has 0 spiro atoms. The summed E-state index contributed by atoms with van der Waals surface area (Å²) in [5.74, 6) is -1.23. The van der Waals surface area contributed by atoms with Gasteiger partial charge >= 0.3 is 5.97 Å². The summed E-state index contributed by atoms with van der Waals surface area (Å²) in [6.45, 7) is 0.827. The van der Waals surface area contributed by atoms with Crippen LogP contribution in [0.25, 0.3) is 0 Å². The third-order valence-corrected chi connectivity index (χ3v) is 3.54. The van der Waals surface area contributed by atoms with E-state index < -0.39 is 11.5 Å². The van der Waals surface area contributed by atoms with E-state index in [1.807, 2.05) is 0 Å². The van der Waals surface area contributed by atoms with Gasteiger partial charge in [-0.2, -0.15) is 0 Å². The maximum Gasteiger partial charge on any atom is 0.325 e. The molecule has 1 atom stereocenters. The van der Waals surface area contributed by atoms with Crippen molar-refractivity contribution in [3.05, 3.63) is 11.6 Å². The number of carboxylic acids is 1. The first-order valence-electron chi connectivity index (χ1n) is 5.43. The molecule has 0 bridgehead atoms. The predicted octanol–water partition coefficient (Wildman–Crippen LogP) is -0.431. The largest absolute Gasteiger partial charge is 0.480 e. The average Bonchev–Trinajstić information content (AvgIpc) is 2.89. The molecule has 8 heteroatoms. The molecule has 2 heterocycles. The van der Waals surface area contributed by atoms with E-state index >= 15 is 0 Å². The summed E-state index contributed by atoms with van der Waals surface area (Å²) in [5, 5.41) is 13.9. The molecule has 0 radical (unpaired) electrons. The maximum absolute atomic E-state index is 11.7. The van der Waals surface area contributed by atoms with Gasteiger partial charge in [-0.1, -0.05) is 0 Å². The van der Waals surface area contributed by atoms with Crippen molar-refractivity contribution in [2.75, 3.05) is 25.0 Å². The van der Waals surface area contributed by atoms with Gasteiger partial charge in [-0.05, 0) is 6.42 Å². The van der Waals surface area contributed by atoms with Crippen LogP contribution >= 0.6 is 11.3 Å². The summed E-state index contributed by atoms with van der Waals surface area (Å²) in [6, 6.07) is 0. The lowest BCUT2D eigenvalue weighted by atomic mass is 10.0. The number of hydrogen-bond acceptors (Lipinski definition) is 6. The zero-order chi connectivity index (χ0) is 13.2. The summed E-state index contributed by atoms with van der Waals surface area (Å²) in [4.78, 5) is 28.3. The van der Waals surface area contributed by atoms with Crippen LogP contribution in [0.15, 0.2) is 11.6 Å². The molecule has 1 saturated heterocycles. The second kappa shape index (κ2) is 5.01. The normalized spacial score (nSPS) is 24.1. The van der Waals surface area contributed by atoms with Gasteiger partial charge in [0, 0.05) is 24.7 Å². The van der Waals surface area contributed by atoms with Crippen molar-refractivity contribution in [2.45, 2.75) is 12.0 Å². The van der Waals surface area contributed by atoms with Crippen LogP contribution in [-0.4, -0.2) is 52.0 Å². The Kier molecular flexibility index (Phi) is 3.60. The first-order valence-corrected chi connectivity index (χ1v) is 6.31. The standard InChI is InChI=1S/C10H14N4O3S/c11-10(8(16)17)1-3-14(6-10)5-7(15)13-9-12-2-4-18-9/h2,4H,1,3,5-6,11H2,(H,16,17)(H,12,13,15). The van der Waals surface area contributed by atoms with Crippen molar-refractivity contribution in [2.24, 2.45) is 5.73 Å². The quantitative estimate of drug-likeness (QED) is 0.685. The first kappa shape index (κ1) is 12.9. The van der Waals surface area contributed by atoms with Crippen LogP contribution in [0.4, 0.5) is 5.13 Å². The van der Waals surface area contributed by atoms with Crippen molar-refractivity contribution in [1.82, 2.24) is 9.88 Å². The minimum Gasteiger partial charge on any atom is -0.480 e. The number of thiazole rings is 1. The van der Waals surface area contributed by atoms with Crippen LogP contribution in [0.5, 0.6) is 0 Å². The summed E-state index contributed by atoms with van der Waals surface area (Å²) < 4.78 is 0. The highest BCUT2D eigenvalue weighted by Crippen LogP contribution is 2.19. The highest BCUT2D eigenvalue weighted by Gasteiger charge is 2.41. The van der Waals surface area contributed by atoms with E-state index in [-0.39, 0.29) is 19.0 Å². The van der Waals surface area contributed by atoms with Crippen molar-refractivity contribution >= 4 is 28.3 Å². The fourth-order valence-corrected chi connectivity index (χ4v) is 2.42. The number of carboxylic acid groups (broad SMARTS) is 1. The van der Waals surface area contributed by atoms with Gasteiger partial charge in [0.15, 0.2) is 5.13 Å². The Morgan fingerprint density at radius 2 is 2.44 bits per heavy atom. The molecule has 1 amide bonds. The summed E-state index contributed by atoms with van der Waals surface area (Å²) in [5.41, 5.74) is 4.49. The van der Waals surface area contributed by atoms with Crippen molar-refractivity contribution in [1.29, 1.82) is 0 Å². The minimum atomic E-state index is -1.23. The van der Waals surface area contributed by atoms with Crippen LogP contribution in [0.3, 0.4) is 0 Å². The smallest absolute Gasteiger partial charge is 0.325 e. The number of rotatable bonds is 4. The zero-order valence-electron chi connectivity index (χ0n) is 9.63. The second-order valence-corrected chi connectivity index (χ2v) is 5.20. The number of amides is 1. The molecule has 0 aliphatic carbocycles. The Morgan fingerprint density at radius 1 is 1.67 bits per heavy atom. The molecule has 1 aromatic heterocycles. The van der Waals surface area contributed by atoms with Gasteiger partial charge in [-0.3, -0.25) is 14.5 Å². The van der Waals surface area contributed by atoms with Gasteiger partial charge in [0.05, 0.1) is 6.54 Å². The number of aliphatic carboxylic acids is 1. The van der Waals surface area contributed by atoms with Gasteiger partial charge in [-0.15, -0.1) is 11.3 Å². The lowest BCUT2D eigenvalue weighted by molar-refractivity contribution is -0.143. The van der Waals surface area contributed by atoms with Crippen molar-refractivity contribution in [3.8, 4) is 0 Å². The summed E-state index contributed by atoms with van der Waals surface area (Å²) >= 11 is 1.33. The van der Waals surface area contributed by atoms with Gasteiger partial charge in [-0.25, -0.2) is 4.98 Å². The molecular weight excluding hydrogens is 256 g/mol. The molecule has 1 fully saturated rings. The molecule has 98 valence electrons. The molecule has 1 aliphatic heterocycles. The average molecular weight is 270 g/mol. The molecule has 7 nitrogen and oxygen atoms in total. The lowest BCUT2D eigenvalue weighted by Crippen LogP contribution is -2.50. The van der Waals surface area contributed by atoms with E-state index in [0.717, 1.165) is 0 Å². The Morgan fingerprint density at radius 3 is 3.00 bits per heavy atom. The third-order valence-electron chi connectivity index (χ3n) is 2.85. The zero-order valence-corrected chi connectivity index (χ0v) is 10.4. The number of nitrogens with two attached hydrogens (primary N) is 1. The van der Waals surface area contributed by atoms with E-state index in [1.165, 1.54) is 11.3 Å². The Hall–Kier alpha value is -1.51. The topological polar surface area (TPSA) is 109 Å². The Balaban J connectivity index is 1.85. The molecule has 1 unspecified atom stereocenters. The first-order chi connectivity index (χ1) is 8.49. The number of hydrogen-bond donors (Lipinski definition) is 3. The number of aromatic nitrogens is 1. The summed E-state index contributed by atoms with van der Waals surface area (Å²) in [7, 11) is 0. The van der Waals surface area contributed by atoms with Crippen LogP contribution in [-0.2, 0) is 9.59 Å². The molecule has 1 aliphatic rings. The number of likely N-dealkylation sites (tertiary alicyclic amines) is 1. The SMILES string of the molecule is NC1(C(=O)O)CCN(CC(=O)Nc2nccs2)C1. The number of carbonyl (C=O) groups is 2. The molecule has 18 heavy (non-hydrogen) atoms. The highest BCUT2D eigenvalue weighted by atomic mass is 32.1. The lowest BCUT2D eigenvalue weighted by Gasteiger charge is -2.19. The monoisotopic (exact) mass is 270 g/mol. The van der Waals surface area contributed by atoms with E-state index in [0.29, 0.717) is 18.1 Å². The third kappa shape index (κ3) is 2.84. The Bertz CT molecular complexity index is 450. The number of anilines is 1. The number of nitrogens with one attached hydrogen (secondary N) is 1. The molecule has 0 aromatic carbocycles. The second-order valence-electron chi connectivity index (χ2n) is 4.31. The molecule has 4 N–H and O–H groups in total. The van der Waals surface area contributed by atoms with Crippen molar-refractivity contribution < 1.29 is 14.7 Å². The number of carbonyl (C=O) groups excluding carboxylic acids is 1. The molecule has 1 aromatic rings. The van der Waals surface area contributed by atoms with Crippen molar-refractivity contribution in [3.63, 3.8) is 0 Å². The fraction of sp³-hybridized carbons (Fsp3) is 0.500. The fourth-order valence-electron chi connectivity index (χ4n) is 1.87. The van der Waals surface area contributed by atoms with Crippen LogP contribution in [0, 0.1) is 0 Å². The maximum atomic E-state index is 11.7. The van der Waals surface area contributed by atoms with Gasteiger partial charge in [0.25, 0.3) is 0 Å². The minimum absolute atomic E-state index is 0.131. The van der Waals surface area contributed by atoms with Crippen LogP contribution in [0.1, 0.15) is 6.42 Å². The molecular formula is C10H14N4O3S. The van der Waals surface area contributed by atoms with E-state index in [1.54, 1.807) is 16.5 Å². The number of nitrogens with zero attached hydrogens (tertiary/aromatic N) is 2. The van der Waals surface area contributed by atoms with Crippen LogP contribution in [0.2, 0.25) is 0 Å². The van der Waals surface area contributed by atoms with Gasteiger partial charge in [0.1, 0.15) is 5.54 Å². The Labute approximate surface area is 108 Å². The van der Waals surface area contributed by atoms with Gasteiger partial charge < -0.3 is 16.2 Å². The molecule has 2 rings (SSSR count). The summed E-state index contributed by atoms with van der Waals surface area (Å²) in [6.07, 6.45) is 1.96. The van der Waals surface area contributed by atoms with Gasteiger partial charge in [0.2, 0.25) is 5.91 Å². The van der Waals surface area contributed by atoms with E-state index in [2.05, 4.69) is 10.3 Å². The highest BCUT2D eigenvalue weighted by molar-refractivity contribution is 7.13. The molecule has 0 saturated carbocycles. The van der Waals surface area contributed by atoms with E-state index in [4.69, 9.17) is 10.8 Å². The van der Waals surface area contributed by atoms with E-state index in [9.17, 15) is 9.59 Å². The predicted molar refractivity (Wildman–Crippen MR) is 66.4 cm³/mol.